The highest BCUT2D eigenvalue weighted by Crippen LogP contribution is 2.26. The van der Waals surface area contributed by atoms with Gasteiger partial charge in [0.05, 0.1) is 18.4 Å². The van der Waals surface area contributed by atoms with Crippen molar-refractivity contribution in [3.8, 4) is 17.1 Å². The number of thioether (sulfide) groups is 1. The molecule has 0 unspecified atom stereocenters. The minimum absolute atomic E-state index is 0.0748. The number of aromatic nitrogens is 4. The van der Waals surface area contributed by atoms with Crippen LogP contribution in [0.5, 0.6) is 5.75 Å². The highest BCUT2D eigenvalue weighted by Gasteiger charge is 2.18. The number of methoxy groups -OCH3 is 1. The minimum atomic E-state index is -0.487. The van der Waals surface area contributed by atoms with Crippen LogP contribution in [0, 0.1) is 5.82 Å². The lowest BCUT2D eigenvalue weighted by Gasteiger charge is -2.09. The molecule has 0 aliphatic carbocycles. The van der Waals surface area contributed by atoms with Crippen LogP contribution in [0.3, 0.4) is 0 Å². The van der Waals surface area contributed by atoms with E-state index >= 15 is 0 Å². The Hall–Kier alpha value is -3.00. The zero-order valence-corrected chi connectivity index (χ0v) is 15.4. The maximum Gasteiger partial charge on any atom is 0.192 e. The molecular formula is C19H17FN4O2S. The van der Waals surface area contributed by atoms with E-state index in [2.05, 4.69) is 21.8 Å². The van der Waals surface area contributed by atoms with Gasteiger partial charge < -0.3 is 4.74 Å². The number of halogens is 1. The number of benzene rings is 1. The Bertz CT molecular complexity index is 960. The zero-order chi connectivity index (χ0) is 19.2. The van der Waals surface area contributed by atoms with Crippen LogP contribution in [-0.2, 0) is 6.54 Å². The second kappa shape index (κ2) is 8.59. The van der Waals surface area contributed by atoms with Crippen LogP contribution < -0.4 is 4.74 Å². The van der Waals surface area contributed by atoms with E-state index in [9.17, 15) is 9.18 Å². The van der Waals surface area contributed by atoms with E-state index in [-0.39, 0.29) is 17.1 Å². The number of ether oxygens (including phenoxy) is 1. The zero-order valence-electron chi connectivity index (χ0n) is 14.6. The van der Waals surface area contributed by atoms with Crippen LogP contribution in [0.2, 0.25) is 0 Å². The number of Topliss-reactive ketones (excluding diaryl/α,β-unsaturated/α-hetero) is 1. The number of ketones is 1. The van der Waals surface area contributed by atoms with Crippen LogP contribution in [0.15, 0.2) is 60.5 Å². The Morgan fingerprint density at radius 2 is 2.07 bits per heavy atom. The Balaban J connectivity index is 1.82. The van der Waals surface area contributed by atoms with Gasteiger partial charge in [-0.25, -0.2) is 4.39 Å². The number of pyridine rings is 1. The van der Waals surface area contributed by atoms with Gasteiger partial charge in [0, 0.05) is 24.5 Å². The van der Waals surface area contributed by atoms with E-state index in [1.165, 1.54) is 37.1 Å². The van der Waals surface area contributed by atoms with Crippen molar-refractivity contribution in [2.45, 2.75) is 11.7 Å². The lowest BCUT2D eigenvalue weighted by Crippen LogP contribution is -2.07. The monoisotopic (exact) mass is 384 g/mol. The van der Waals surface area contributed by atoms with Crippen LogP contribution in [-0.4, -0.2) is 38.4 Å². The molecule has 6 nitrogen and oxygen atoms in total. The van der Waals surface area contributed by atoms with E-state index in [0.29, 0.717) is 23.3 Å². The molecule has 0 fully saturated rings. The molecule has 2 aromatic heterocycles. The lowest BCUT2D eigenvalue weighted by atomic mass is 10.1. The molecule has 3 aromatic rings. The minimum Gasteiger partial charge on any atom is -0.496 e. The second-order valence-electron chi connectivity index (χ2n) is 5.50. The van der Waals surface area contributed by atoms with Crippen LogP contribution >= 0.6 is 11.8 Å². The number of carbonyl (C=O) groups is 1. The molecular weight excluding hydrogens is 367 g/mol. The van der Waals surface area contributed by atoms with Crippen LogP contribution in [0.4, 0.5) is 4.39 Å². The predicted octanol–water partition coefficient (Wildman–Crippen LogP) is 3.65. The first-order valence-electron chi connectivity index (χ1n) is 8.08. The molecule has 0 bridgehead atoms. The van der Waals surface area contributed by atoms with E-state index < -0.39 is 5.82 Å². The number of hydrogen-bond acceptors (Lipinski definition) is 6. The molecule has 138 valence electrons. The maximum atomic E-state index is 13.5. The third kappa shape index (κ3) is 4.22. The Morgan fingerprint density at radius 1 is 1.30 bits per heavy atom. The van der Waals surface area contributed by atoms with Crippen molar-refractivity contribution in [2.75, 3.05) is 12.9 Å². The molecule has 27 heavy (non-hydrogen) atoms. The third-order valence-electron chi connectivity index (χ3n) is 3.76. The average Bonchev–Trinajstić information content (AvgIpc) is 3.09. The summed E-state index contributed by atoms with van der Waals surface area (Å²) in [6.45, 7) is 4.25. The van der Waals surface area contributed by atoms with E-state index in [1.54, 1.807) is 18.5 Å². The Labute approximate surface area is 160 Å². The highest BCUT2D eigenvalue weighted by molar-refractivity contribution is 7.99. The molecule has 0 spiro atoms. The standard InChI is InChI=1S/C19H17FN4O2S/c1-3-10-24-18(13-6-8-21-9-7-13)22-23-19(24)27-12-16(25)15-11-14(20)4-5-17(15)26-2/h3-9,11H,1,10,12H2,2H3. The van der Waals surface area contributed by atoms with Crippen molar-refractivity contribution >= 4 is 17.5 Å². The number of hydrogen-bond donors (Lipinski definition) is 0. The van der Waals surface area contributed by atoms with Crippen molar-refractivity contribution in [1.29, 1.82) is 0 Å². The highest BCUT2D eigenvalue weighted by atomic mass is 32.2. The van der Waals surface area contributed by atoms with E-state index in [4.69, 9.17) is 4.74 Å². The lowest BCUT2D eigenvalue weighted by molar-refractivity contribution is 0.101. The summed E-state index contributed by atoms with van der Waals surface area (Å²) in [5, 5.41) is 8.99. The van der Waals surface area contributed by atoms with Gasteiger partial charge in [-0.3, -0.25) is 14.3 Å². The normalized spacial score (nSPS) is 10.6. The third-order valence-corrected chi connectivity index (χ3v) is 4.73. The molecule has 0 aliphatic rings. The van der Waals surface area contributed by atoms with Gasteiger partial charge in [-0.05, 0) is 30.3 Å². The van der Waals surface area contributed by atoms with E-state index in [0.717, 1.165) is 5.56 Å². The molecule has 0 amide bonds. The quantitative estimate of drug-likeness (QED) is 0.335. The van der Waals surface area contributed by atoms with E-state index in [1.807, 2.05) is 16.7 Å². The summed E-state index contributed by atoms with van der Waals surface area (Å²) in [6, 6.07) is 7.54. The molecule has 1 aromatic carbocycles. The molecule has 0 aliphatic heterocycles. The number of carbonyl (C=O) groups excluding carboxylic acids is 1. The molecule has 0 atom stereocenters. The summed E-state index contributed by atoms with van der Waals surface area (Å²) in [5.74, 6) is 0.336. The smallest absolute Gasteiger partial charge is 0.192 e. The summed E-state index contributed by atoms with van der Waals surface area (Å²) >= 11 is 1.23. The largest absolute Gasteiger partial charge is 0.496 e. The van der Waals surface area contributed by atoms with Gasteiger partial charge in [0.15, 0.2) is 16.8 Å². The Kier molecular flexibility index (Phi) is 5.97. The molecule has 0 N–H and O–H groups in total. The van der Waals surface area contributed by atoms with Crippen molar-refractivity contribution in [1.82, 2.24) is 19.7 Å². The number of nitrogens with zero attached hydrogens (tertiary/aromatic N) is 4. The first-order chi connectivity index (χ1) is 13.1. The predicted molar refractivity (Wildman–Crippen MR) is 101 cm³/mol. The molecule has 2 heterocycles. The molecule has 8 heteroatoms. The first kappa shape index (κ1) is 18.8. The molecule has 0 radical (unpaired) electrons. The SMILES string of the molecule is C=CCn1c(SCC(=O)c2cc(F)ccc2OC)nnc1-c1ccncc1. The van der Waals surface area contributed by atoms with Crippen molar-refractivity contribution in [3.05, 3.63) is 66.8 Å². The fourth-order valence-electron chi connectivity index (χ4n) is 2.51. The maximum absolute atomic E-state index is 13.5. The topological polar surface area (TPSA) is 69.9 Å². The van der Waals surface area contributed by atoms with Crippen LogP contribution in [0.25, 0.3) is 11.4 Å². The fraction of sp³-hybridized carbons (Fsp3) is 0.158. The van der Waals surface area contributed by atoms with Gasteiger partial charge in [0.1, 0.15) is 11.6 Å². The van der Waals surface area contributed by atoms with Gasteiger partial charge in [-0.1, -0.05) is 17.8 Å². The summed E-state index contributed by atoms with van der Waals surface area (Å²) in [5.41, 5.74) is 1.07. The summed E-state index contributed by atoms with van der Waals surface area (Å²) < 4.78 is 20.5. The van der Waals surface area contributed by atoms with Gasteiger partial charge >= 0.3 is 0 Å². The summed E-state index contributed by atoms with van der Waals surface area (Å²) in [7, 11) is 1.44. The van der Waals surface area contributed by atoms with Crippen molar-refractivity contribution in [3.63, 3.8) is 0 Å². The summed E-state index contributed by atoms with van der Waals surface area (Å²) in [6.07, 6.45) is 5.08. The molecule has 0 saturated carbocycles. The van der Waals surface area contributed by atoms with Crippen molar-refractivity contribution < 1.29 is 13.9 Å². The second-order valence-corrected chi connectivity index (χ2v) is 6.44. The molecule has 3 rings (SSSR count). The Morgan fingerprint density at radius 3 is 2.78 bits per heavy atom. The van der Waals surface area contributed by atoms with Gasteiger partial charge in [-0.2, -0.15) is 0 Å². The number of allylic oxidation sites excluding steroid dienone is 1. The van der Waals surface area contributed by atoms with Gasteiger partial charge in [0.2, 0.25) is 0 Å². The van der Waals surface area contributed by atoms with Gasteiger partial charge in [0.25, 0.3) is 0 Å². The average molecular weight is 384 g/mol. The summed E-state index contributed by atoms with van der Waals surface area (Å²) in [4.78, 5) is 16.5. The van der Waals surface area contributed by atoms with Crippen LogP contribution in [0.1, 0.15) is 10.4 Å². The molecule has 0 saturated heterocycles. The first-order valence-corrected chi connectivity index (χ1v) is 9.06. The number of rotatable bonds is 8. The van der Waals surface area contributed by atoms with Crippen molar-refractivity contribution in [2.24, 2.45) is 0 Å². The van der Waals surface area contributed by atoms with Gasteiger partial charge in [-0.15, -0.1) is 16.8 Å². The fourth-order valence-corrected chi connectivity index (χ4v) is 3.34.